The van der Waals surface area contributed by atoms with E-state index in [9.17, 15) is 9.18 Å². The van der Waals surface area contributed by atoms with E-state index in [1.807, 2.05) is 18.2 Å². The average Bonchev–Trinajstić information content (AvgIpc) is 2.88. The van der Waals surface area contributed by atoms with Crippen LogP contribution in [0.3, 0.4) is 0 Å². The van der Waals surface area contributed by atoms with Gasteiger partial charge in [0.2, 0.25) is 5.91 Å². The van der Waals surface area contributed by atoms with Gasteiger partial charge in [0.05, 0.1) is 6.42 Å². The van der Waals surface area contributed by atoms with Gasteiger partial charge in [0.1, 0.15) is 5.82 Å². The van der Waals surface area contributed by atoms with Crippen molar-refractivity contribution in [2.45, 2.75) is 12.8 Å². The van der Waals surface area contributed by atoms with E-state index in [2.05, 4.69) is 0 Å². The quantitative estimate of drug-likeness (QED) is 0.866. The number of nitrogens with two attached hydrogens (primary N) is 1. The van der Waals surface area contributed by atoms with Crippen molar-refractivity contribution in [3.05, 3.63) is 58.4 Å². The molecule has 0 aliphatic carbocycles. The van der Waals surface area contributed by atoms with Crippen molar-refractivity contribution in [1.29, 1.82) is 0 Å². The Morgan fingerprint density at radius 3 is 2.81 bits per heavy atom. The van der Waals surface area contributed by atoms with Crippen molar-refractivity contribution in [2.24, 2.45) is 0 Å². The molecule has 0 atom stereocenters. The lowest BCUT2D eigenvalue weighted by molar-refractivity contribution is -0.117. The molecular formula is C16H14ClFN2O. The highest BCUT2D eigenvalue weighted by Crippen LogP contribution is 2.33. The van der Waals surface area contributed by atoms with Gasteiger partial charge in [0, 0.05) is 34.1 Å². The minimum Gasteiger partial charge on any atom is -0.398 e. The van der Waals surface area contributed by atoms with Crippen LogP contribution in [0.4, 0.5) is 15.8 Å². The molecule has 0 saturated carbocycles. The second-order valence-electron chi connectivity index (χ2n) is 5.02. The fourth-order valence-corrected chi connectivity index (χ4v) is 2.90. The van der Waals surface area contributed by atoms with Crippen LogP contribution in [0.25, 0.3) is 0 Å². The third kappa shape index (κ3) is 2.47. The van der Waals surface area contributed by atoms with Crippen molar-refractivity contribution >= 4 is 28.9 Å². The number of nitrogen functional groups attached to an aromatic ring is 1. The molecule has 108 valence electrons. The number of nitrogens with zero attached hydrogens (tertiary/aromatic N) is 1. The predicted molar refractivity (Wildman–Crippen MR) is 82.0 cm³/mol. The zero-order chi connectivity index (χ0) is 15.0. The van der Waals surface area contributed by atoms with Crippen LogP contribution in [0.15, 0.2) is 36.4 Å². The Hall–Kier alpha value is -2.07. The van der Waals surface area contributed by atoms with Gasteiger partial charge in [-0.2, -0.15) is 0 Å². The molecule has 1 aliphatic rings. The summed E-state index contributed by atoms with van der Waals surface area (Å²) in [6.07, 6.45) is 0.665. The normalized spacial score (nSPS) is 13.3. The molecule has 3 rings (SSSR count). The first-order valence-corrected chi connectivity index (χ1v) is 7.06. The summed E-state index contributed by atoms with van der Waals surface area (Å²) in [4.78, 5) is 14.1. The summed E-state index contributed by atoms with van der Waals surface area (Å²) in [6.45, 7) is 0.564. The van der Waals surface area contributed by atoms with Crippen molar-refractivity contribution in [2.75, 3.05) is 17.2 Å². The van der Waals surface area contributed by atoms with E-state index in [0.717, 1.165) is 17.7 Å². The summed E-state index contributed by atoms with van der Waals surface area (Å²) >= 11 is 5.97. The van der Waals surface area contributed by atoms with E-state index in [-0.39, 0.29) is 22.9 Å². The minimum atomic E-state index is -0.456. The Morgan fingerprint density at radius 1 is 1.29 bits per heavy atom. The Kier molecular flexibility index (Phi) is 3.55. The smallest absolute Gasteiger partial charge is 0.231 e. The Labute approximate surface area is 127 Å². The summed E-state index contributed by atoms with van der Waals surface area (Å²) in [7, 11) is 0. The van der Waals surface area contributed by atoms with Crippen molar-refractivity contribution < 1.29 is 9.18 Å². The summed E-state index contributed by atoms with van der Waals surface area (Å²) in [6, 6.07) is 9.92. The van der Waals surface area contributed by atoms with E-state index >= 15 is 0 Å². The molecule has 1 heterocycles. The van der Waals surface area contributed by atoms with E-state index in [1.165, 1.54) is 12.1 Å². The van der Waals surface area contributed by atoms with Gasteiger partial charge in [-0.25, -0.2) is 4.39 Å². The summed E-state index contributed by atoms with van der Waals surface area (Å²) in [5.74, 6) is -0.630. The summed E-state index contributed by atoms with van der Waals surface area (Å²) < 4.78 is 13.8. The number of hydrogen-bond donors (Lipinski definition) is 1. The number of fused-ring (bicyclic) bond motifs is 1. The molecule has 0 fully saturated rings. The third-order valence-corrected chi connectivity index (χ3v) is 4.11. The van der Waals surface area contributed by atoms with Crippen LogP contribution >= 0.6 is 11.6 Å². The van der Waals surface area contributed by atoms with Gasteiger partial charge in [-0.1, -0.05) is 23.7 Å². The lowest BCUT2D eigenvalue weighted by Crippen LogP contribution is -2.30. The number of rotatable bonds is 2. The zero-order valence-corrected chi connectivity index (χ0v) is 12.0. The van der Waals surface area contributed by atoms with Gasteiger partial charge in [-0.05, 0) is 30.7 Å². The van der Waals surface area contributed by atoms with Gasteiger partial charge in [0.25, 0.3) is 0 Å². The van der Waals surface area contributed by atoms with Crippen LogP contribution in [0.5, 0.6) is 0 Å². The Bertz CT molecular complexity index is 697. The molecule has 1 aliphatic heterocycles. The Morgan fingerprint density at radius 2 is 2.05 bits per heavy atom. The summed E-state index contributed by atoms with van der Waals surface area (Å²) in [5, 5.41) is 0.273. The molecule has 3 nitrogen and oxygen atoms in total. The molecule has 2 N–H and O–H groups in total. The van der Waals surface area contributed by atoms with Gasteiger partial charge in [0.15, 0.2) is 0 Å². The highest BCUT2D eigenvalue weighted by Gasteiger charge is 2.26. The standard InChI is InChI=1S/C16H14ClFN2O/c17-12-3-1-4-13(18)11(12)9-16(21)20-8-7-10-14(19)5-2-6-15(10)20/h1-6H,7-9,19H2. The number of hydrogen-bond acceptors (Lipinski definition) is 2. The highest BCUT2D eigenvalue weighted by atomic mass is 35.5. The second kappa shape index (κ2) is 5.37. The number of carbonyl (C=O) groups excluding carboxylic acids is 1. The number of anilines is 2. The van der Waals surface area contributed by atoms with Crippen LogP contribution in [-0.2, 0) is 17.6 Å². The highest BCUT2D eigenvalue weighted by molar-refractivity contribution is 6.31. The topological polar surface area (TPSA) is 46.3 Å². The number of benzene rings is 2. The minimum absolute atomic E-state index is 0.0558. The monoisotopic (exact) mass is 304 g/mol. The molecule has 0 bridgehead atoms. The predicted octanol–water partition coefficient (Wildman–Crippen LogP) is 3.19. The molecule has 0 saturated heterocycles. The molecule has 0 aromatic heterocycles. The molecular weight excluding hydrogens is 291 g/mol. The van der Waals surface area contributed by atoms with Gasteiger partial charge in [-0.15, -0.1) is 0 Å². The Balaban J connectivity index is 1.87. The van der Waals surface area contributed by atoms with Crippen molar-refractivity contribution in [1.82, 2.24) is 0 Å². The SMILES string of the molecule is Nc1cccc2c1CCN2C(=O)Cc1c(F)cccc1Cl. The lowest BCUT2D eigenvalue weighted by atomic mass is 10.1. The van der Waals surface area contributed by atoms with E-state index in [1.54, 1.807) is 11.0 Å². The lowest BCUT2D eigenvalue weighted by Gasteiger charge is -2.18. The molecule has 2 aromatic carbocycles. The fraction of sp³-hybridized carbons (Fsp3) is 0.188. The molecule has 0 spiro atoms. The maximum atomic E-state index is 13.8. The first-order chi connectivity index (χ1) is 10.1. The maximum absolute atomic E-state index is 13.8. The maximum Gasteiger partial charge on any atom is 0.231 e. The van der Waals surface area contributed by atoms with E-state index < -0.39 is 5.82 Å². The average molecular weight is 305 g/mol. The van der Waals surface area contributed by atoms with Crippen LogP contribution < -0.4 is 10.6 Å². The van der Waals surface area contributed by atoms with Crippen LogP contribution in [-0.4, -0.2) is 12.5 Å². The van der Waals surface area contributed by atoms with Gasteiger partial charge >= 0.3 is 0 Å². The molecule has 1 amide bonds. The molecule has 2 aromatic rings. The first-order valence-electron chi connectivity index (χ1n) is 6.68. The van der Waals surface area contributed by atoms with Crippen LogP contribution in [0.2, 0.25) is 5.02 Å². The van der Waals surface area contributed by atoms with E-state index in [4.69, 9.17) is 17.3 Å². The number of halogens is 2. The first kappa shape index (κ1) is 13.9. The van der Waals surface area contributed by atoms with Crippen LogP contribution in [0.1, 0.15) is 11.1 Å². The van der Waals surface area contributed by atoms with Gasteiger partial charge < -0.3 is 10.6 Å². The number of carbonyl (C=O) groups is 1. The molecule has 0 unspecified atom stereocenters. The molecule has 21 heavy (non-hydrogen) atoms. The van der Waals surface area contributed by atoms with E-state index in [0.29, 0.717) is 12.2 Å². The van der Waals surface area contributed by atoms with Crippen molar-refractivity contribution in [3.8, 4) is 0 Å². The second-order valence-corrected chi connectivity index (χ2v) is 5.42. The molecule has 5 heteroatoms. The van der Waals surface area contributed by atoms with Crippen LogP contribution in [0, 0.1) is 5.82 Å². The summed E-state index contributed by atoms with van der Waals surface area (Å²) in [5.41, 5.74) is 8.63. The third-order valence-electron chi connectivity index (χ3n) is 3.75. The van der Waals surface area contributed by atoms with Crippen molar-refractivity contribution in [3.63, 3.8) is 0 Å². The molecule has 0 radical (unpaired) electrons. The fourth-order valence-electron chi connectivity index (χ4n) is 2.67. The zero-order valence-electron chi connectivity index (χ0n) is 11.3. The van der Waals surface area contributed by atoms with Gasteiger partial charge in [-0.3, -0.25) is 4.79 Å². The largest absolute Gasteiger partial charge is 0.398 e. The number of amides is 1.